The molecule has 0 aliphatic heterocycles. The molecular weight excluding hydrogens is 578 g/mol. The van der Waals surface area contributed by atoms with Crippen LogP contribution in [0.4, 0.5) is 0 Å². The van der Waals surface area contributed by atoms with Gasteiger partial charge < -0.3 is 4.42 Å². The molecule has 0 saturated carbocycles. The smallest absolute Gasteiger partial charge is 0.164 e. The van der Waals surface area contributed by atoms with E-state index in [4.69, 9.17) is 29.3 Å². The molecule has 0 radical (unpaired) electrons. The molecule has 0 amide bonds. The molecular formula is C41H25N5O. The van der Waals surface area contributed by atoms with Crippen LogP contribution in [0.2, 0.25) is 0 Å². The Morgan fingerprint density at radius 1 is 0.362 bits per heavy atom. The lowest BCUT2D eigenvalue weighted by molar-refractivity contribution is 0.669. The first kappa shape index (κ1) is 26.8. The molecule has 3 aromatic heterocycles. The molecule has 6 heteroatoms. The Morgan fingerprint density at radius 3 is 1.66 bits per heavy atom. The summed E-state index contributed by atoms with van der Waals surface area (Å²) in [7, 11) is 0. The molecule has 0 bridgehead atoms. The Bertz CT molecular complexity index is 2510. The van der Waals surface area contributed by atoms with E-state index in [1.165, 1.54) is 0 Å². The molecule has 220 valence electrons. The van der Waals surface area contributed by atoms with Crippen LogP contribution in [-0.4, -0.2) is 24.9 Å². The summed E-state index contributed by atoms with van der Waals surface area (Å²) < 4.78 is 6.48. The van der Waals surface area contributed by atoms with Crippen LogP contribution in [0.1, 0.15) is 0 Å². The van der Waals surface area contributed by atoms with Crippen molar-refractivity contribution in [3.05, 3.63) is 152 Å². The number of furan rings is 1. The predicted molar refractivity (Wildman–Crippen MR) is 187 cm³/mol. The number of hydrogen-bond donors (Lipinski definition) is 0. The molecule has 0 atom stereocenters. The quantitative estimate of drug-likeness (QED) is 0.195. The number of benzene rings is 6. The van der Waals surface area contributed by atoms with E-state index < -0.39 is 0 Å². The summed E-state index contributed by atoms with van der Waals surface area (Å²) >= 11 is 0. The second-order valence-corrected chi connectivity index (χ2v) is 11.3. The maximum atomic E-state index is 6.48. The van der Waals surface area contributed by atoms with Gasteiger partial charge in [-0.25, -0.2) is 24.9 Å². The fraction of sp³-hybridized carbons (Fsp3) is 0. The lowest BCUT2D eigenvalue weighted by Gasteiger charge is -2.10. The number of hydrogen-bond acceptors (Lipinski definition) is 6. The van der Waals surface area contributed by atoms with Gasteiger partial charge in [-0.15, -0.1) is 0 Å². The Balaban J connectivity index is 1.22. The van der Waals surface area contributed by atoms with Gasteiger partial charge in [-0.3, -0.25) is 0 Å². The van der Waals surface area contributed by atoms with Gasteiger partial charge >= 0.3 is 0 Å². The molecule has 0 unspecified atom stereocenters. The van der Waals surface area contributed by atoms with Crippen molar-refractivity contribution in [3.8, 4) is 56.8 Å². The van der Waals surface area contributed by atoms with Crippen molar-refractivity contribution in [1.29, 1.82) is 0 Å². The summed E-state index contributed by atoms with van der Waals surface area (Å²) in [5, 5.41) is 2.92. The molecule has 0 saturated heterocycles. The monoisotopic (exact) mass is 603 g/mol. The van der Waals surface area contributed by atoms with E-state index in [-0.39, 0.29) is 0 Å². The largest absolute Gasteiger partial charge is 0.456 e. The van der Waals surface area contributed by atoms with Gasteiger partial charge in [0, 0.05) is 44.0 Å². The van der Waals surface area contributed by atoms with Gasteiger partial charge in [0.1, 0.15) is 11.2 Å². The Morgan fingerprint density at radius 2 is 0.957 bits per heavy atom. The first-order valence-corrected chi connectivity index (χ1v) is 15.4. The van der Waals surface area contributed by atoms with Crippen molar-refractivity contribution >= 4 is 32.8 Å². The summed E-state index contributed by atoms with van der Waals surface area (Å²) in [6, 6.07) is 50.5. The molecule has 9 rings (SSSR count). The Hall–Kier alpha value is -6.53. The molecule has 3 heterocycles. The number of nitrogens with zero attached hydrogens (tertiary/aromatic N) is 5. The van der Waals surface area contributed by atoms with Crippen molar-refractivity contribution < 1.29 is 4.42 Å². The molecule has 0 spiro atoms. The fourth-order valence-electron chi connectivity index (χ4n) is 6.10. The third kappa shape index (κ3) is 4.80. The van der Waals surface area contributed by atoms with Crippen LogP contribution in [0.5, 0.6) is 0 Å². The highest BCUT2D eigenvalue weighted by molar-refractivity contribution is 6.12. The van der Waals surface area contributed by atoms with Gasteiger partial charge in [0.05, 0.1) is 11.2 Å². The molecule has 47 heavy (non-hydrogen) atoms. The topological polar surface area (TPSA) is 77.6 Å². The predicted octanol–water partition coefficient (Wildman–Crippen LogP) is 10.0. The third-order valence-electron chi connectivity index (χ3n) is 8.35. The fourth-order valence-corrected chi connectivity index (χ4v) is 6.10. The SMILES string of the molecule is c1ccc(-c2nc(-c3ccccc3)nc(-c3cccc4oc5cc(-c6nc(-c7ccccc7)c7ccccc7n6)ccc5c34)n2)cc1. The second-order valence-electron chi connectivity index (χ2n) is 11.3. The minimum absolute atomic E-state index is 0.584. The van der Waals surface area contributed by atoms with Gasteiger partial charge in [-0.1, -0.05) is 127 Å². The highest BCUT2D eigenvalue weighted by Gasteiger charge is 2.19. The van der Waals surface area contributed by atoms with Crippen LogP contribution in [0.3, 0.4) is 0 Å². The standard InChI is InChI=1S/C41H25N5O/c1-4-13-26(14-5-1)37-30-19-10-11-21-33(30)42-40(43-37)29-23-24-31-35(25-29)47-34-22-12-20-32(36(31)34)41-45-38(27-15-6-2-7-16-27)44-39(46-41)28-17-8-3-9-18-28/h1-25H. The van der Waals surface area contributed by atoms with Crippen LogP contribution < -0.4 is 0 Å². The van der Waals surface area contributed by atoms with E-state index in [0.717, 1.165) is 66.4 Å². The molecule has 6 aromatic carbocycles. The van der Waals surface area contributed by atoms with Crippen LogP contribution in [0.25, 0.3) is 89.7 Å². The summed E-state index contributed by atoms with van der Waals surface area (Å²) in [4.78, 5) is 24.9. The number of fused-ring (bicyclic) bond motifs is 4. The van der Waals surface area contributed by atoms with Gasteiger partial charge in [0.2, 0.25) is 0 Å². The van der Waals surface area contributed by atoms with E-state index in [2.05, 4.69) is 30.3 Å². The zero-order valence-electron chi connectivity index (χ0n) is 25.1. The van der Waals surface area contributed by atoms with E-state index in [9.17, 15) is 0 Å². The number of rotatable bonds is 5. The second kappa shape index (κ2) is 11.1. The van der Waals surface area contributed by atoms with Crippen LogP contribution in [0, 0.1) is 0 Å². The lowest BCUT2D eigenvalue weighted by Crippen LogP contribution is -2.00. The van der Waals surface area contributed by atoms with Gasteiger partial charge in [0.15, 0.2) is 23.3 Å². The van der Waals surface area contributed by atoms with Crippen molar-refractivity contribution in [2.24, 2.45) is 0 Å². The van der Waals surface area contributed by atoms with Crippen molar-refractivity contribution in [2.45, 2.75) is 0 Å². The Labute approximate surface area is 270 Å². The molecule has 0 aliphatic rings. The van der Waals surface area contributed by atoms with Crippen LogP contribution in [0.15, 0.2) is 156 Å². The average molecular weight is 604 g/mol. The van der Waals surface area contributed by atoms with Gasteiger partial charge in [-0.05, 0) is 24.3 Å². The zero-order valence-corrected chi connectivity index (χ0v) is 25.1. The zero-order chi connectivity index (χ0) is 31.2. The average Bonchev–Trinajstić information content (AvgIpc) is 3.53. The van der Waals surface area contributed by atoms with Gasteiger partial charge in [0.25, 0.3) is 0 Å². The van der Waals surface area contributed by atoms with E-state index in [1.54, 1.807) is 0 Å². The summed E-state index contributed by atoms with van der Waals surface area (Å²) in [6.07, 6.45) is 0. The van der Waals surface area contributed by atoms with Crippen molar-refractivity contribution in [3.63, 3.8) is 0 Å². The molecule has 0 aliphatic carbocycles. The van der Waals surface area contributed by atoms with Gasteiger partial charge in [-0.2, -0.15) is 0 Å². The van der Waals surface area contributed by atoms with E-state index in [1.807, 2.05) is 121 Å². The minimum Gasteiger partial charge on any atom is -0.456 e. The molecule has 0 fully saturated rings. The first-order chi connectivity index (χ1) is 23.3. The summed E-state index contributed by atoms with van der Waals surface area (Å²) in [5.74, 6) is 2.46. The third-order valence-corrected chi connectivity index (χ3v) is 8.35. The maximum absolute atomic E-state index is 6.48. The molecule has 0 N–H and O–H groups in total. The normalized spacial score (nSPS) is 11.4. The van der Waals surface area contributed by atoms with E-state index in [0.29, 0.717) is 23.3 Å². The molecule has 9 aromatic rings. The van der Waals surface area contributed by atoms with E-state index >= 15 is 0 Å². The first-order valence-electron chi connectivity index (χ1n) is 15.4. The summed E-state index contributed by atoms with van der Waals surface area (Å²) in [6.45, 7) is 0. The maximum Gasteiger partial charge on any atom is 0.164 e. The lowest BCUT2D eigenvalue weighted by atomic mass is 10.0. The number of para-hydroxylation sites is 1. The van der Waals surface area contributed by atoms with Crippen LogP contribution >= 0.6 is 0 Å². The minimum atomic E-state index is 0.584. The summed E-state index contributed by atoms with van der Waals surface area (Å²) in [5.41, 5.74) is 7.92. The van der Waals surface area contributed by atoms with Crippen molar-refractivity contribution in [1.82, 2.24) is 24.9 Å². The van der Waals surface area contributed by atoms with Crippen molar-refractivity contribution in [2.75, 3.05) is 0 Å². The highest BCUT2D eigenvalue weighted by Crippen LogP contribution is 2.38. The molecule has 6 nitrogen and oxygen atoms in total. The van der Waals surface area contributed by atoms with Crippen LogP contribution in [-0.2, 0) is 0 Å². The number of aromatic nitrogens is 5. The highest BCUT2D eigenvalue weighted by atomic mass is 16.3. The Kier molecular flexibility index (Phi) is 6.35.